The lowest BCUT2D eigenvalue weighted by Gasteiger charge is -2.43. The van der Waals surface area contributed by atoms with Crippen molar-refractivity contribution in [3.8, 4) is 0 Å². The smallest absolute Gasteiger partial charge is 0.0741 e. The van der Waals surface area contributed by atoms with E-state index in [1.54, 1.807) is 0 Å². The van der Waals surface area contributed by atoms with Gasteiger partial charge in [-0.15, -0.1) is 0 Å². The van der Waals surface area contributed by atoms with Gasteiger partial charge in [0.1, 0.15) is 0 Å². The highest BCUT2D eigenvalue weighted by atomic mass is 16.5. The molecule has 2 aliphatic heterocycles. The molecular formula is C15H30N2O2. The molecule has 0 aliphatic carbocycles. The van der Waals surface area contributed by atoms with Gasteiger partial charge in [0.25, 0.3) is 0 Å². The first-order valence-electron chi connectivity index (χ1n) is 7.95. The number of ether oxygens (including phenoxy) is 2. The molecule has 2 saturated heterocycles. The molecule has 1 unspecified atom stereocenters. The zero-order chi connectivity index (χ0) is 13.6. The van der Waals surface area contributed by atoms with E-state index >= 15 is 0 Å². The maximum absolute atomic E-state index is 6.08. The SMILES string of the molecule is CCN(CC)CCNC1CCOC2(CCOCC2)C1. The van der Waals surface area contributed by atoms with E-state index in [1.165, 1.54) is 0 Å². The molecule has 1 N–H and O–H groups in total. The number of nitrogens with zero attached hydrogens (tertiary/aromatic N) is 1. The minimum Gasteiger partial charge on any atom is -0.381 e. The van der Waals surface area contributed by atoms with Crippen LogP contribution in [0.4, 0.5) is 0 Å². The fourth-order valence-corrected chi connectivity index (χ4v) is 3.26. The molecule has 1 atom stereocenters. The van der Waals surface area contributed by atoms with E-state index in [4.69, 9.17) is 9.47 Å². The van der Waals surface area contributed by atoms with Crippen molar-refractivity contribution in [1.29, 1.82) is 0 Å². The highest BCUT2D eigenvalue weighted by molar-refractivity contribution is 4.91. The molecule has 2 aliphatic rings. The van der Waals surface area contributed by atoms with Crippen LogP contribution in [0.3, 0.4) is 0 Å². The Bertz CT molecular complexity index is 245. The van der Waals surface area contributed by atoms with E-state index in [9.17, 15) is 0 Å². The Morgan fingerprint density at radius 3 is 2.58 bits per heavy atom. The van der Waals surface area contributed by atoms with Gasteiger partial charge >= 0.3 is 0 Å². The standard InChI is InChI=1S/C15H30N2O2/c1-3-17(4-2)9-8-16-14-5-10-19-15(13-14)6-11-18-12-7-15/h14,16H,3-13H2,1-2H3. The van der Waals surface area contributed by atoms with E-state index < -0.39 is 0 Å². The molecule has 0 bridgehead atoms. The summed E-state index contributed by atoms with van der Waals surface area (Å²) in [5, 5.41) is 3.73. The summed E-state index contributed by atoms with van der Waals surface area (Å²) >= 11 is 0. The maximum Gasteiger partial charge on any atom is 0.0741 e. The Morgan fingerprint density at radius 2 is 1.89 bits per heavy atom. The lowest BCUT2D eigenvalue weighted by molar-refractivity contribution is -0.140. The van der Waals surface area contributed by atoms with E-state index in [0.29, 0.717) is 6.04 Å². The lowest BCUT2D eigenvalue weighted by atomic mass is 9.84. The zero-order valence-corrected chi connectivity index (χ0v) is 12.6. The van der Waals surface area contributed by atoms with Crippen molar-refractivity contribution >= 4 is 0 Å². The van der Waals surface area contributed by atoms with Crippen molar-refractivity contribution in [1.82, 2.24) is 10.2 Å². The van der Waals surface area contributed by atoms with E-state index in [-0.39, 0.29) is 5.60 Å². The van der Waals surface area contributed by atoms with Gasteiger partial charge in [0, 0.05) is 39.0 Å². The second-order valence-corrected chi connectivity index (χ2v) is 5.81. The summed E-state index contributed by atoms with van der Waals surface area (Å²) in [6.07, 6.45) is 4.46. The van der Waals surface area contributed by atoms with Gasteiger partial charge in [-0.25, -0.2) is 0 Å². The monoisotopic (exact) mass is 270 g/mol. The largest absolute Gasteiger partial charge is 0.381 e. The van der Waals surface area contributed by atoms with Crippen LogP contribution >= 0.6 is 0 Å². The summed E-state index contributed by atoms with van der Waals surface area (Å²) in [7, 11) is 0. The molecule has 0 radical (unpaired) electrons. The summed E-state index contributed by atoms with van der Waals surface area (Å²) in [6, 6.07) is 0.627. The molecule has 19 heavy (non-hydrogen) atoms. The fourth-order valence-electron chi connectivity index (χ4n) is 3.26. The number of likely N-dealkylation sites (N-methyl/N-ethyl adjacent to an activating group) is 1. The first kappa shape index (κ1) is 15.2. The lowest BCUT2D eigenvalue weighted by Crippen LogP contribution is -2.50. The van der Waals surface area contributed by atoms with E-state index in [0.717, 1.165) is 71.7 Å². The topological polar surface area (TPSA) is 33.7 Å². The van der Waals surface area contributed by atoms with Gasteiger partial charge in [-0.1, -0.05) is 13.8 Å². The van der Waals surface area contributed by atoms with E-state index in [1.807, 2.05) is 0 Å². The van der Waals surface area contributed by atoms with Crippen LogP contribution < -0.4 is 5.32 Å². The third-order valence-corrected chi connectivity index (χ3v) is 4.65. The van der Waals surface area contributed by atoms with Crippen LogP contribution in [0.2, 0.25) is 0 Å². The fraction of sp³-hybridized carbons (Fsp3) is 1.00. The van der Waals surface area contributed by atoms with Crippen molar-refractivity contribution in [3.05, 3.63) is 0 Å². The molecule has 2 fully saturated rings. The molecule has 0 aromatic heterocycles. The van der Waals surface area contributed by atoms with Gasteiger partial charge in [0.2, 0.25) is 0 Å². The van der Waals surface area contributed by atoms with Crippen LogP contribution in [-0.4, -0.2) is 62.5 Å². The van der Waals surface area contributed by atoms with E-state index in [2.05, 4.69) is 24.1 Å². The van der Waals surface area contributed by atoms with Crippen LogP contribution in [0.5, 0.6) is 0 Å². The highest BCUT2D eigenvalue weighted by Gasteiger charge is 2.38. The molecule has 4 heteroatoms. The molecule has 1 spiro atoms. The molecule has 0 saturated carbocycles. The quantitative estimate of drug-likeness (QED) is 0.796. The normalized spacial score (nSPS) is 27.0. The van der Waals surface area contributed by atoms with Crippen molar-refractivity contribution in [2.45, 2.75) is 51.2 Å². The Morgan fingerprint density at radius 1 is 1.16 bits per heavy atom. The minimum atomic E-state index is 0.114. The van der Waals surface area contributed by atoms with Crippen molar-refractivity contribution in [2.24, 2.45) is 0 Å². The number of nitrogens with one attached hydrogen (secondary N) is 1. The van der Waals surface area contributed by atoms with Gasteiger partial charge in [0.15, 0.2) is 0 Å². The number of rotatable bonds is 6. The molecule has 0 aromatic rings. The van der Waals surface area contributed by atoms with Crippen LogP contribution in [0.15, 0.2) is 0 Å². The molecule has 0 amide bonds. The molecule has 0 aromatic carbocycles. The first-order chi connectivity index (χ1) is 9.28. The zero-order valence-electron chi connectivity index (χ0n) is 12.6. The summed E-state index contributed by atoms with van der Waals surface area (Å²) < 4.78 is 11.5. The number of hydrogen-bond donors (Lipinski definition) is 1. The molecular weight excluding hydrogens is 240 g/mol. The Kier molecular flexibility index (Phi) is 6.07. The van der Waals surface area contributed by atoms with Gasteiger partial charge in [0.05, 0.1) is 5.60 Å². The van der Waals surface area contributed by atoms with Crippen molar-refractivity contribution in [2.75, 3.05) is 46.0 Å². The Labute approximate surface area is 117 Å². The van der Waals surface area contributed by atoms with Crippen LogP contribution in [0.25, 0.3) is 0 Å². The molecule has 4 nitrogen and oxygen atoms in total. The predicted octanol–water partition coefficient (Wildman–Crippen LogP) is 1.65. The van der Waals surface area contributed by atoms with Crippen LogP contribution in [0, 0.1) is 0 Å². The third-order valence-electron chi connectivity index (χ3n) is 4.65. The average molecular weight is 270 g/mol. The molecule has 112 valence electrons. The summed E-state index contributed by atoms with van der Waals surface area (Å²) in [6.45, 7) is 11.6. The van der Waals surface area contributed by atoms with Crippen molar-refractivity contribution < 1.29 is 9.47 Å². The molecule has 2 rings (SSSR count). The summed E-state index contributed by atoms with van der Waals surface area (Å²) in [5.74, 6) is 0. The van der Waals surface area contributed by atoms with Gasteiger partial charge < -0.3 is 19.7 Å². The first-order valence-corrected chi connectivity index (χ1v) is 7.95. The van der Waals surface area contributed by atoms with Crippen molar-refractivity contribution in [3.63, 3.8) is 0 Å². The Hall–Kier alpha value is -0.160. The van der Waals surface area contributed by atoms with Crippen LogP contribution in [-0.2, 0) is 9.47 Å². The van der Waals surface area contributed by atoms with Gasteiger partial charge in [-0.05, 0) is 38.8 Å². The predicted molar refractivity (Wildman–Crippen MR) is 77.5 cm³/mol. The second-order valence-electron chi connectivity index (χ2n) is 5.81. The minimum absolute atomic E-state index is 0.114. The maximum atomic E-state index is 6.08. The highest BCUT2D eigenvalue weighted by Crippen LogP contribution is 2.34. The Balaban J connectivity index is 1.72. The van der Waals surface area contributed by atoms with Gasteiger partial charge in [-0.2, -0.15) is 0 Å². The summed E-state index contributed by atoms with van der Waals surface area (Å²) in [4.78, 5) is 2.47. The third kappa shape index (κ3) is 4.42. The second kappa shape index (κ2) is 7.58. The average Bonchev–Trinajstić information content (AvgIpc) is 2.45. The van der Waals surface area contributed by atoms with Gasteiger partial charge in [-0.3, -0.25) is 0 Å². The van der Waals surface area contributed by atoms with Crippen LogP contribution in [0.1, 0.15) is 39.5 Å². The summed E-state index contributed by atoms with van der Waals surface area (Å²) in [5.41, 5.74) is 0.114. The molecule has 2 heterocycles. The number of hydrogen-bond acceptors (Lipinski definition) is 4.